The van der Waals surface area contributed by atoms with Crippen LogP contribution in [-0.4, -0.2) is 52.4 Å². The van der Waals surface area contributed by atoms with Gasteiger partial charge in [-0.05, 0) is 39.7 Å². The maximum Gasteiger partial charge on any atom is 0.270 e. The Bertz CT molecular complexity index is 1100. The van der Waals surface area contributed by atoms with E-state index in [4.69, 9.17) is 0 Å². The molecule has 0 aliphatic carbocycles. The fourth-order valence-corrected chi connectivity index (χ4v) is 5.27. The predicted octanol–water partition coefficient (Wildman–Crippen LogP) is 4.10. The Morgan fingerprint density at radius 2 is 1.76 bits per heavy atom. The van der Waals surface area contributed by atoms with E-state index in [9.17, 15) is 18.4 Å². The van der Waals surface area contributed by atoms with Crippen LogP contribution in [0.4, 0.5) is 8.78 Å². The van der Waals surface area contributed by atoms with E-state index in [0.29, 0.717) is 37.4 Å². The van der Waals surface area contributed by atoms with Gasteiger partial charge in [0.15, 0.2) is 11.6 Å². The minimum atomic E-state index is -0.913. The number of rotatable bonds is 3. The number of piperazine rings is 1. The zero-order chi connectivity index (χ0) is 20.7. The van der Waals surface area contributed by atoms with Crippen LogP contribution in [0.15, 0.2) is 34.1 Å². The second-order valence-corrected chi connectivity index (χ2v) is 8.72. The van der Waals surface area contributed by atoms with E-state index < -0.39 is 11.6 Å². The van der Waals surface area contributed by atoms with Gasteiger partial charge >= 0.3 is 0 Å². The molecule has 0 spiro atoms. The lowest BCUT2D eigenvalue weighted by molar-refractivity contribution is -0.130. The third kappa shape index (κ3) is 3.81. The maximum atomic E-state index is 13.7. The molecule has 1 fully saturated rings. The monoisotopic (exact) mass is 481 g/mol. The normalized spacial score (nSPS) is 14.6. The molecule has 5 nitrogen and oxygen atoms in total. The van der Waals surface area contributed by atoms with Crippen LogP contribution in [0.3, 0.4) is 0 Å². The average Bonchev–Trinajstić information content (AvgIpc) is 3.24. The topological polar surface area (TPSA) is 45.6 Å². The summed E-state index contributed by atoms with van der Waals surface area (Å²) in [6.07, 6.45) is 0. The fraction of sp³-hybridized carbons (Fsp3) is 0.300. The Morgan fingerprint density at radius 3 is 2.41 bits per heavy atom. The van der Waals surface area contributed by atoms with Crippen molar-refractivity contribution in [2.75, 3.05) is 26.2 Å². The molecular weight excluding hydrogens is 464 g/mol. The number of nitrogens with zero attached hydrogens (tertiary/aromatic N) is 3. The summed E-state index contributed by atoms with van der Waals surface area (Å²) in [7, 11) is 0. The van der Waals surface area contributed by atoms with Crippen LogP contribution < -0.4 is 0 Å². The van der Waals surface area contributed by atoms with Crippen LogP contribution in [0.25, 0.3) is 10.2 Å². The van der Waals surface area contributed by atoms with Crippen LogP contribution >= 0.6 is 27.3 Å². The Balaban J connectivity index is 1.67. The first kappa shape index (κ1) is 20.0. The molecule has 0 N–H and O–H groups in total. The van der Waals surface area contributed by atoms with Crippen molar-refractivity contribution in [2.24, 2.45) is 0 Å². The van der Waals surface area contributed by atoms with Gasteiger partial charge in [-0.25, -0.2) is 8.78 Å². The average molecular weight is 482 g/mol. The molecule has 1 aromatic carbocycles. The summed E-state index contributed by atoms with van der Waals surface area (Å²) in [5.74, 6) is -1.94. The third-order valence-corrected chi connectivity index (χ3v) is 6.96. The van der Waals surface area contributed by atoms with Crippen molar-refractivity contribution in [1.82, 2.24) is 14.4 Å². The largest absolute Gasteiger partial charge is 0.339 e. The van der Waals surface area contributed by atoms with Crippen molar-refractivity contribution < 1.29 is 18.4 Å². The van der Waals surface area contributed by atoms with Gasteiger partial charge in [-0.1, -0.05) is 6.07 Å². The molecule has 9 heteroatoms. The Morgan fingerprint density at radius 1 is 1.07 bits per heavy atom. The number of benzene rings is 1. The van der Waals surface area contributed by atoms with Crippen LogP contribution in [0.1, 0.15) is 23.0 Å². The van der Waals surface area contributed by atoms with Gasteiger partial charge in [-0.2, -0.15) is 0 Å². The second-order valence-electron chi connectivity index (χ2n) is 6.96. The van der Waals surface area contributed by atoms with Gasteiger partial charge in [-0.3, -0.25) is 9.59 Å². The first-order chi connectivity index (χ1) is 13.8. The number of aromatic nitrogens is 1. The summed E-state index contributed by atoms with van der Waals surface area (Å²) in [5, 5.41) is 1.94. The fourth-order valence-electron chi connectivity index (χ4n) is 3.58. The van der Waals surface area contributed by atoms with Crippen LogP contribution in [0.5, 0.6) is 0 Å². The highest BCUT2D eigenvalue weighted by Crippen LogP contribution is 2.34. The molecule has 4 rings (SSSR count). The molecule has 0 radical (unpaired) electrons. The number of hydrogen-bond donors (Lipinski definition) is 0. The van der Waals surface area contributed by atoms with Crippen molar-refractivity contribution in [2.45, 2.75) is 13.5 Å². The summed E-state index contributed by atoms with van der Waals surface area (Å²) in [6, 6.07) is 5.60. The molecule has 1 aliphatic heterocycles. The van der Waals surface area contributed by atoms with E-state index in [-0.39, 0.29) is 18.4 Å². The summed E-state index contributed by atoms with van der Waals surface area (Å²) < 4.78 is 30.6. The maximum absolute atomic E-state index is 13.7. The minimum absolute atomic E-state index is 0.00301. The number of fused-ring (bicyclic) bond motifs is 1. The molecule has 0 unspecified atom stereocenters. The molecular formula is C20H18BrF2N3O2S. The number of carbonyl (C=O) groups is 2. The van der Waals surface area contributed by atoms with Gasteiger partial charge in [0.2, 0.25) is 5.91 Å². The molecule has 29 heavy (non-hydrogen) atoms. The standard InChI is InChI=1S/C20H18BrF2N3O2S/c1-12(27)24-4-6-25(7-5-24)20(28)17-9-18-19(14(21)11-29-18)26(17)10-13-2-3-15(22)16(23)8-13/h2-3,8-9,11H,4-7,10H2,1H3. The lowest BCUT2D eigenvalue weighted by Gasteiger charge is -2.34. The van der Waals surface area contributed by atoms with E-state index >= 15 is 0 Å². The van der Waals surface area contributed by atoms with E-state index in [1.165, 1.54) is 24.3 Å². The predicted molar refractivity (Wildman–Crippen MR) is 111 cm³/mol. The van der Waals surface area contributed by atoms with Crippen LogP contribution in [-0.2, 0) is 11.3 Å². The number of thiophene rings is 1. The number of hydrogen-bond acceptors (Lipinski definition) is 3. The SMILES string of the molecule is CC(=O)N1CCN(C(=O)c2cc3scc(Br)c3n2Cc2ccc(F)c(F)c2)CC1. The molecule has 0 saturated carbocycles. The van der Waals surface area contributed by atoms with Gasteiger partial charge in [0, 0.05) is 45.0 Å². The molecule has 0 bridgehead atoms. The first-order valence-electron chi connectivity index (χ1n) is 9.10. The van der Waals surface area contributed by atoms with E-state index in [2.05, 4.69) is 15.9 Å². The van der Waals surface area contributed by atoms with Crippen molar-refractivity contribution in [3.63, 3.8) is 0 Å². The van der Waals surface area contributed by atoms with Gasteiger partial charge in [0.25, 0.3) is 5.91 Å². The van der Waals surface area contributed by atoms with Crippen molar-refractivity contribution in [3.8, 4) is 0 Å². The minimum Gasteiger partial charge on any atom is -0.339 e. The number of carbonyl (C=O) groups excluding carboxylic acids is 2. The lowest BCUT2D eigenvalue weighted by atomic mass is 10.2. The molecule has 2 aromatic heterocycles. The zero-order valence-electron chi connectivity index (χ0n) is 15.6. The summed E-state index contributed by atoms with van der Waals surface area (Å²) in [4.78, 5) is 28.2. The Labute approximate surface area is 178 Å². The molecule has 0 atom stereocenters. The zero-order valence-corrected chi connectivity index (χ0v) is 18.0. The van der Waals surface area contributed by atoms with E-state index in [1.807, 2.05) is 16.0 Å². The number of amides is 2. The molecule has 3 aromatic rings. The van der Waals surface area contributed by atoms with E-state index in [0.717, 1.165) is 26.8 Å². The summed E-state index contributed by atoms with van der Waals surface area (Å²) in [5.41, 5.74) is 1.91. The van der Waals surface area contributed by atoms with Gasteiger partial charge in [0.1, 0.15) is 5.69 Å². The molecule has 152 valence electrons. The molecule has 3 heterocycles. The smallest absolute Gasteiger partial charge is 0.270 e. The van der Waals surface area contributed by atoms with Gasteiger partial charge < -0.3 is 14.4 Å². The van der Waals surface area contributed by atoms with Crippen molar-refractivity contribution in [1.29, 1.82) is 0 Å². The van der Waals surface area contributed by atoms with Crippen LogP contribution in [0, 0.1) is 11.6 Å². The third-order valence-electron chi connectivity index (χ3n) is 5.13. The van der Waals surface area contributed by atoms with E-state index in [1.54, 1.807) is 9.80 Å². The molecule has 1 saturated heterocycles. The highest BCUT2D eigenvalue weighted by molar-refractivity contribution is 9.10. The molecule has 2 amide bonds. The second kappa shape index (κ2) is 7.87. The highest BCUT2D eigenvalue weighted by Gasteiger charge is 2.27. The highest BCUT2D eigenvalue weighted by atomic mass is 79.9. The lowest BCUT2D eigenvalue weighted by Crippen LogP contribution is -2.50. The van der Waals surface area contributed by atoms with Gasteiger partial charge in [-0.15, -0.1) is 11.3 Å². The molecule has 1 aliphatic rings. The van der Waals surface area contributed by atoms with Crippen molar-refractivity contribution in [3.05, 3.63) is 57.0 Å². The van der Waals surface area contributed by atoms with Gasteiger partial charge in [0.05, 0.1) is 14.7 Å². The Kier molecular flexibility index (Phi) is 5.44. The summed E-state index contributed by atoms with van der Waals surface area (Å²) in [6.45, 7) is 3.69. The van der Waals surface area contributed by atoms with Crippen molar-refractivity contribution >= 4 is 49.3 Å². The summed E-state index contributed by atoms with van der Waals surface area (Å²) >= 11 is 5.03. The Hall–Kier alpha value is -2.26. The number of halogens is 3. The quantitative estimate of drug-likeness (QED) is 0.565. The van der Waals surface area contributed by atoms with Crippen LogP contribution in [0.2, 0.25) is 0 Å². The first-order valence-corrected chi connectivity index (χ1v) is 10.8.